The molecule has 0 unspecified atom stereocenters. The Morgan fingerprint density at radius 1 is 1.29 bits per heavy atom. The van der Waals surface area contributed by atoms with E-state index in [4.69, 9.17) is 9.47 Å². The van der Waals surface area contributed by atoms with Crippen LogP contribution >= 0.6 is 11.3 Å². The average Bonchev–Trinajstić information content (AvgIpc) is 3.55. The van der Waals surface area contributed by atoms with Gasteiger partial charge in [-0.2, -0.15) is 0 Å². The summed E-state index contributed by atoms with van der Waals surface area (Å²) in [5, 5.41) is 13.4. The molecule has 8 heteroatoms. The zero-order chi connectivity index (χ0) is 23.8. The molecule has 0 radical (unpaired) electrons. The maximum Gasteiger partial charge on any atom is 0.301 e. The molecule has 172 valence electrons. The van der Waals surface area contributed by atoms with E-state index >= 15 is 0 Å². The predicted octanol–water partition coefficient (Wildman–Crippen LogP) is 4.66. The summed E-state index contributed by atoms with van der Waals surface area (Å²) in [6.45, 7) is 5.97. The van der Waals surface area contributed by atoms with Gasteiger partial charge in [0.15, 0.2) is 5.13 Å². The van der Waals surface area contributed by atoms with E-state index in [0.717, 1.165) is 11.3 Å². The number of carbonyl (C=O) groups excluding carboxylic acids is 2. The van der Waals surface area contributed by atoms with Gasteiger partial charge in [0, 0.05) is 23.6 Å². The normalized spacial score (nSPS) is 20.8. The molecule has 1 fully saturated rings. The fraction of sp³-hybridized carbons (Fsp3) is 0.192. The van der Waals surface area contributed by atoms with Crippen LogP contribution in [0.4, 0.5) is 5.13 Å². The summed E-state index contributed by atoms with van der Waals surface area (Å²) in [7, 11) is 0. The summed E-state index contributed by atoms with van der Waals surface area (Å²) in [5.74, 6) is -0.320. The Morgan fingerprint density at radius 3 is 2.79 bits per heavy atom. The molecule has 0 saturated carbocycles. The van der Waals surface area contributed by atoms with Crippen LogP contribution in [0.25, 0.3) is 5.76 Å². The van der Waals surface area contributed by atoms with Crippen molar-refractivity contribution in [3.05, 3.63) is 89.0 Å². The molecule has 1 N–H and O–H groups in total. The molecular formula is C26H22N2O5S. The number of carbonyl (C=O) groups is 2. The molecular weight excluding hydrogens is 452 g/mol. The minimum atomic E-state index is -0.831. The van der Waals surface area contributed by atoms with Crippen molar-refractivity contribution in [3.63, 3.8) is 0 Å². The minimum absolute atomic E-state index is 0.0203. The monoisotopic (exact) mass is 474 g/mol. The lowest BCUT2D eigenvalue weighted by Crippen LogP contribution is -2.29. The summed E-state index contributed by atoms with van der Waals surface area (Å²) >= 11 is 1.25. The summed E-state index contributed by atoms with van der Waals surface area (Å²) in [5.41, 5.74) is 2.09. The van der Waals surface area contributed by atoms with Crippen molar-refractivity contribution in [1.29, 1.82) is 0 Å². The summed E-state index contributed by atoms with van der Waals surface area (Å²) in [4.78, 5) is 31.9. The summed E-state index contributed by atoms with van der Waals surface area (Å²) < 4.78 is 11.3. The second-order valence-electron chi connectivity index (χ2n) is 8.11. The number of thiazole rings is 1. The number of nitrogens with zero attached hydrogens (tertiary/aromatic N) is 2. The fourth-order valence-electron chi connectivity index (χ4n) is 4.31. The Kier molecular flexibility index (Phi) is 5.67. The molecule has 0 bridgehead atoms. The van der Waals surface area contributed by atoms with Gasteiger partial charge in [-0.3, -0.25) is 14.5 Å². The van der Waals surface area contributed by atoms with Crippen molar-refractivity contribution in [2.75, 3.05) is 11.5 Å². The largest absolute Gasteiger partial charge is 0.507 e. The first kappa shape index (κ1) is 21.9. The number of aromatic nitrogens is 1. The zero-order valence-electron chi connectivity index (χ0n) is 18.4. The van der Waals surface area contributed by atoms with Crippen molar-refractivity contribution in [3.8, 4) is 11.5 Å². The number of benzene rings is 2. The quantitative estimate of drug-likeness (QED) is 0.242. The van der Waals surface area contributed by atoms with Crippen LogP contribution < -0.4 is 14.4 Å². The third kappa shape index (κ3) is 3.76. The van der Waals surface area contributed by atoms with Gasteiger partial charge in [-0.1, -0.05) is 24.8 Å². The number of amides is 1. The number of hydrogen-bond acceptors (Lipinski definition) is 7. The van der Waals surface area contributed by atoms with Crippen LogP contribution in [0, 0.1) is 0 Å². The first-order valence-electron chi connectivity index (χ1n) is 10.8. The molecule has 0 spiro atoms. The van der Waals surface area contributed by atoms with Gasteiger partial charge >= 0.3 is 5.91 Å². The minimum Gasteiger partial charge on any atom is -0.507 e. The van der Waals surface area contributed by atoms with E-state index in [1.54, 1.807) is 54.1 Å². The van der Waals surface area contributed by atoms with Crippen molar-refractivity contribution in [2.45, 2.75) is 25.5 Å². The number of aliphatic hydroxyl groups excluding tert-OH is 1. The molecule has 0 aliphatic carbocycles. The molecule has 34 heavy (non-hydrogen) atoms. The van der Waals surface area contributed by atoms with E-state index < -0.39 is 17.7 Å². The number of rotatable bonds is 6. The number of ether oxygens (including phenoxy) is 2. The average molecular weight is 475 g/mol. The number of anilines is 1. The SMILES string of the molecule is C=CCOc1ccc([C@H]2/C(=C(\O)c3ccc4c(c3)C[C@@H](C)O4)C(=O)C(=O)N2c2nccs2)cc1. The van der Waals surface area contributed by atoms with Gasteiger partial charge in [0.1, 0.15) is 30.0 Å². The molecule has 3 aromatic rings. The van der Waals surface area contributed by atoms with Crippen LogP contribution in [0.1, 0.15) is 29.7 Å². The predicted molar refractivity (Wildman–Crippen MR) is 129 cm³/mol. The lowest BCUT2D eigenvalue weighted by atomic mass is 9.94. The molecule has 5 rings (SSSR count). The highest BCUT2D eigenvalue weighted by Crippen LogP contribution is 2.43. The molecule has 2 aromatic carbocycles. The van der Waals surface area contributed by atoms with E-state index in [1.807, 2.05) is 13.0 Å². The number of ketones is 1. The Bertz CT molecular complexity index is 1300. The van der Waals surface area contributed by atoms with Crippen LogP contribution in [-0.2, 0) is 16.0 Å². The molecule has 2 aliphatic heterocycles. The van der Waals surface area contributed by atoms with Crippen LogP contribution in [0.15, 0.2) is 72.3 Å². The highest BCUT2D eigenvalue weighted by Gasteiger charge is 2.48. The van der Waals surface area contributed by atoms with Crippen molar-refractivity contribution >= 4 is 33.9 Å². The van der Waals surface area contributed by atoms with E-state index in [0.29, 0.717) is 35.0 Å². The summed E-state index contributed by atoms with van der Waals surface area (Å²) in [6, 6.07) is 11.5. The van der Waals surface area contributed by atoms with E-state index in [1.165, 1.54) is 16.2 Å². The maximum atomic E-state index is 13.2. The van der Waals surface area contributed by atoms with Gasteiger partial charge in [0.2, 0.25) is 0 Å². The molecule has 3 heterocycles. The molecule has 1 amide bonds. The number of hydrogen-bond donors (Lipinski definition) is 1. The van der Waals surface area contributed by atoms with Crippen LogP contribution in [0.3, 0.4) is 0 Å². The van der Waals surface area contributed by atoms with Gasteiger partial charge in [-0.05, 0) is 48.4 Å². The Hall–Kier alpha value is -3.91. The smallest absolute Gasteiger partial charge is 0.301 e. The Labute approximate surface area is 200 Å². The molecule has 2 atom stereocenters. The van der Waals surface area contributed by atoms with E-state index in [2.05, 4.69) is 11.6 Å². The Balaban J connectivity index is 1.62. The van der Waals surface area contributed by atoms with Crippen molar-refractivity contribution in [1.82, 2.24) is 4.98 Å². The van der Waals surface area contributed by atoms with Crippen molar-refractivity contribution < 1.29 is 24.2 Å². The number of Topliss-reactive ketones (excluding diaryl/α,β-unsaturated/α-hetero) is 1. The Morgan fingerprint density at radius 2 is 2.09 bits per heavy atom. The highest BCUT2D eigenvalue weighted by atomic mass is 32.1. The first-order chi connectivity index (χ1) is 16.5. The molecule has 2 aliphatic rings. The van der Waals surface area contributed by atoms with Gasteiger partial charge < -0.3 is 14.6 Å². The number of fused-ring (bicyclic) bond motifs is 1. The first-order valence-corrected chi connectivity index (χ1v) is 11.7. The third-order valence-corrected chi connectivity index (χ3v) is 6.57. The highest BCUT2D eigenvalue weighted by molar-refractivity contribution is 7.14. The lowest BCUT2D eigenvalue weighted by Gasteiger charge is -2.23. The second kappa shape index (κ2) is 8.79. The maximum absolute atomic E-state index is 13.2. The van der Waals surface area contributed by atoms with Gasteiger partial charge in [-0.15, -0.1) is 11.3 Å². The van der Waals surface area contributed by atoms with Gasteiger partial charge in [0.25, 0.3) is 5.78 Å². The van der Waals surface area contributed by atoms with Gasteiger partial charge in [-0.25, -0.2) is 4.98 Å². The van der Waals surface area contributed by atoms with Crippen LogP contribution in [0.5, 0.6) is 11.5 Å². The summed E-state index contributed by atoms with van der Waals surface area (Å²) in [6.07, 6.45) is 3.97. The third-order valence-electron chi connectivity index (χ3n) is 5.80. The van der Waals surface area contributed by atoms with E-state index in [-0.39, 0.29) is 17.4 Å². The molecule has 7 nitrogen and oxygen atoms in total. The van der Waals surface area contributed by atoms with Crippen molar-refractivity contribution in [2.24, 2.45) is 0 Å². The zero-order valence-corrected chi connectivity index (χ0v) is 19.2. The lowest BCUT2D eigenvalue weighted by molar-refractivity contribution is -0.132. The van der Waals surface area contributed by atoms with Crippen LogP contribution in [0.2, 0.25) is 0 Å². The number of aliphatic hydroxyl groups is 1. The molecule has 1 aromatic heterocycles. The standard InChI is InChI=1S/C26H22N2O5S/c1-3-11-32-19-7-4-16(5-8-19)22-21(24(30)25(31)28(22)26-27-10-12-34-26)23(29)17-6-9-20-18(14-17)13-15(2)33-20/h3-10,12,14-15,22,29H,1,11,13H2,2H3/b23-21+/t15-,22+/m1/s1. The molecule has 1 saturated heterocycles. The second-order valence-corrected chi connectivity index (χ2v) is 8.98. The van der Waals surface area contributed by atoms with Gasteiger partial charge in [0.05, 0.1) is 11.6 Å². The van der Waals surface area contributed by atoms with Crippen LogP contribution in [-0.4, -0.2) is 34.5 Å². The topological polar surface area (TPSA) is 89.0 Å². The van der Waals surface area contributed by atoms with E-state index in [9.17, 15) is 14.7 Å². The fourth-order valence-corrected chi connectivity index (χ4v) is 4.97.